The molecule has 0 bridgehead atoms. The SMILES string of the molecule is CC(C)(C)c1cc2ccccc2nc1C(C)(C)C. The van der Waals surface area contributed by atoms with Gasteiger partial charge < -0.3 is 0 Å². The fourth-order valence-electron chi connectivity index (χ4n) is 2.26. The van der Waals surface area contributed by atoms with Gasteiger partial charge in [0.1, 0.15) is 0 Å². The Morgan fingerprint density at radius 3 is 2.00 bits per heavy atom. The van der Waals surface area contributed by atoms with Crippen LogP contribution in [0.15, 0.2) is 30.3 Å². The molecule has 0 N–H and O–H groups in total. The zero-order valence-corrected chi connectivity index (χ0v) is 12.3. The van der Waals surface area contributed by atoms with E-state index in [4.69, 9.17) is 4.98 Å². The lowest BCUT2D eigenvalue weighted by Gasteiger charge is -2.29. The van der Waals surface area contributed by atoms with E-state index in [0.717, 1.165) is 5.52 Å². The van der Waals surface area contributed by atoms with Gasteiger partial charge in [0.25, 0.3) is 0 Å². The van der Waals surface area contributed by atoms with E-state index in [2.05, 4.69) is 71.9 Å². The van der Waals surface area contributed by atoms with E-state index in [1.165, 1.54) is 16.6 Å². The van der Waals surface area contributed by atoms with Crippen molar-refractivity contribution >= 4 is 10.9 Å². The molecule has 0 aliphatic carbocycles. The van der Waals surface area contributed by atoms with Crippen LogP contribution in [0.2, 0.25) is 0 Å². The largest absolute Gasteiger partial charge is 0.252 e. The molecule has 96 valence electrons. The van der Waals surface area contributed by atoms with Crippen molar-refractivity contribution in [2.45, 2.75) is 52.4 Å². The van der Waals surface area contributed by atoms with Crippen molar-refractivity contribution in [3.8, 4) is 0 Å². The molecule has 0 saturated carbocycles. The minimum absolute atomic E-state index is 0.0760. The first-order valence-corrected chi connectivity index (χ1v) is 6.60. The first kappa shape index (κ1) is 13.1. The van der Waals surface area contributed by atoms with E-state index in [1.54, 1.807) is 0 Å². The third-order valence-electron chi connectivity index (χ3n) is 3.24. The molecule has 0 atom stereocenters. The van der Waals surface area contributed by atoms with Gasteiger partial charge >= 0.3 is 0 Å². The van der Waals surface area contributed by atoms with Crippen LogP contribution in [0.25, 0.3) is 10.9 Å². The summed E-state index contributed by atoms with van der Waals surface area (Å²) < 4.78 is 0. The predicted molar refractivity (Wildman–Crippen MR) is 79.1 cm³/mol. The van der Waals surface area contributed by atoms with Gasteiger partial charge in [-0.3, -0.25) is 4.98 Å². The molecule has 2 aromatic rings. The molecule has 1 heterocycles. The van der Waals surface area contributed by atoms with Crippen molar-refractivity contribution < 1.29 is 0 Å². The smallest absolute Gasteiger partial charge is 0.0705 e. The quantitative estimate of drug-likeness (QED) is 0.643. The molecule has 0 amide bonds. The molecule has 0 fully saturated rings. The van der Waals surface area contributed by atoms with E-state index in [0.29, 0.717) is 0 Å². The van der Waals surface area contributed by atoms with Crippen LogP contribution < -0.4 is 0 Å². The normalized spacial score (nSPS) is 13.0. The summed E-state index contributed by atoms with van der Waals surface area (Å²) in [6, 6.07) is 10.7. The molecule has 0 saturated heterocycles. The molecule has 1 aromatic heterocycles. The standard InChI is InChI=1S/C17H23N/c1-16(2,3)13-11-12-9-7-8-10-14(12)18-15(13)17(4,5)6/h7-11H,1-6H3. The summed E-state index contributed by atoms with van der Waals surface area (Å²) in [4.78, 5) is 4.91. The third-order valence-corrected chi connectivity index (χ3v) is 3.24. The van der Waals surface area contributed by atoms with Crippen molar-refractivity contribution in [1.82, 2.24) is 4.98 Å². The lowest BCUT2D eigenvalue weighted by molar-refractivity contribution is 0.517. The summed E-state index contributed by atoms with van der Waals surface area (Å²) in [6.07, 6.45) is 0. The summed E-state index contributed by atoms with van der Waals surface area (Å²) in [7, 11) is 0. The number of benzene rings is 1. The molecule has 18 heavy (non-hydrogen) atoms. The molecule has 1 nitrogen and oxygen atoms in total. The lowest BCUT2D eigenvalue weighted by atomic mass is 9.78. The average molecular weight is 241 g/mol. The Kier molecular flexibility index (Phi) is 2.96. The summed E-state index contributed by atoms with van der Waals surface area (Å²) >= 11 is 0. The van der Waals surface area contributed by atoms with Crippen LogP contribution >= 0.6 is 0 Å². The zero-order chi connectivity index (χ0) is 13.6. The second kappa shape index (κ2) is 4.08. The molecule has 0 radical (unpaired) electrons. The summed E-state index contributed by atoms with van der Waals surface area (Å²) in [5.41, 5.74) is 3.87. The number of aromatic nitrogens is 1. The van der Waals surface area contributed by atoms with Gasteiger partial charge in [0.05, 0.1) is 11.2 Å². The van der Waals surface area contributed by atoms with Gasteiger partial charge in [0.15, 0.2) is 0 Å². The maximum atomic E-state index is 4.91. The minimum atomic E-state index is 0.0760. The van der Waals surface area contributed by atoms with E-state index in [-0.39, 0.29) is 10.8 Å². The van der Waals surface area contributed by atoms with Crippen LogP contribution in [0, 0.1) is 0 Å². The van der Waals surface area contributed by atoms with Gasteiger partial charge in [-0.1, -0.05) is 59.7 Å². The van der Waals surface area contributed by atoms with Crippen LogP contribution in [-0.2, 0) is 10.8 Å². The predicted octanol–water partition coefficient (Wildman–Crippen LogP) is 4.83. The molecule has 0 aliphatic rings. The first-order valence-electron chi connectivity index (χ1n) is 6.60. The van der Waals surface area contributed by atoms with Gasteiger partial charge in [-0.25, -0.2) is 0 Å². The number of para-hydroxylation sites is 1. The van der Waals surface area contributed by atoms with E-state index in [1.807, 2.05) is 0 Å². The monoisotopic (exact) mass is 241 g/mol. The Hall–Kier alpha value is -1.37. The van der Waals surface area contributed by atoms with Gasteiger partial charge in [-0.2, -0.15) is 0 Å². The molecule has 0 aliphatic heterocycles. The van der Waals surface area contributed by atoms with Crippen LogP contribution in [0.5, 0.6) is 0 Å². The fraction of sp³-hybridized carbons (Fsp3) is 0.471. The van der Waals surface area contributed by atoms with Crippen LogP contribution in [-0.4, -0.2) is 4.98 Å². The van der Waals surface area contributed by atoms with Crippen molar-refractivity contribution in [3.63, 3.8) is 0 Å². The molecule has 0 unspecified atom stereocenters. The summed E-state index contributed by atoms with van der Waals surface area (Å²) in [5, 5.41) is 1.23. The number of nitrogens with zero attached hydrogens (tertiary/aromatic N) is 1. The minimum Gasteiger partial charge on any atom is -0.252 e. The molecular weight excluding hydrogens is 218 g/mol. The van der Waals surface area contributed by atoms with Crippen molar-refractivity contribution in [3.05, 3.63) is 41.6 Å². The van der Waals surface area contributed by atoms with E-state index in [9.17, 15) is 0 Å². The van der Waals surface area contributed by atoms with E-state index >= 15 is 0 Å². The number of hydrogen-bond donors (Lipinski definition) is 0. The van der Waals surface area contributed by atoms with Crippen LogP contribution in [0.1, 0.15) is 52.8 Å². The highest BCUT2D eigenvalue weighted by Crippen LogP contribution is 2.34. The number of fused-ring (bicyclic) bond motifs is 1. The van der Waals surface area contributed by atoms with Crippen molar-refractivity contribution in [2.24, 2.45) is 0 Å². The highest BCUT2D eigenvalue weighted by Gasteiger charge is 2.26. The van der Waals surface area contributed by atoms with Gasteiger partial charge in [-0.05, 0) is 23.1 Å². The molecule has 1 aromatic carbocycles. The Morgan fingerprint density at radius 1 is 0.833 bits per heavy atom. The maximum Gasteiger partial charge on any atom is 0.0705 e. The summed E-state index contributed by atoms with van der Waals surface area (Å²) in [5.74, 6) is 0. The molecular formula is C17H23N. The summed E-state index contributed by atoms with van der Waals surface area (Å²) in [6.45, 7) is 13.5. The van der Waals surface area contributed by atoms with E-state index < -0.39 is 0 Å². The average Bonchev–Trinajstić information content (AvgIpc) is 2.25. The second-order valence-corrected chi connectivity index (χ2v) is 7.08. The number of pyridine rings is 1. The van der Waals surface area contributed by atoms with Gasteiger partial charge in [0, 0.05) is 10.8 Å². The zero-order valence-electron chi connectivity index (χ0n) is 12.3. The Bertz CT molecular complexity index is 516. The topological polar surface area (TPSA) is 12.9 Å². The van der Waals surface area contributed by atoms with Crippen molar-refractivity contribution in [1.29, 1.82) is 0 Å². The number of hydrogen-bond acceptors (Lipinski definition) is 1. The Balaban J connectivity index is 2.81. The second-order valence-electron chi connectivity index (χ2n) is 7.08. The maximum absolute atomic E-state index is 4.91. The van der Waals surface area contributed by atoms with Gasteiger partial charge in [-0.15, -0.1) is 0 Å². The fourth-order valence-corrected chi connectivity index (χ4v) is 2.26. The highest BCUT2D eigenvalue weighted by atomic mass is 14.7. The van der Waals surface area contributed by atoms with Crippen LogP contribution in [0.3, 0.4) is 0 Å². The molecule has 1 heteroatoms. The first-order chi connectivity index (χ1) is 8.19. The van der Waals surface area contributed by atoms with Crippen LogP contribution in [0.4, 0.5) is 0 Å². The number of rotatable bonds is 0. The van der Waals surface area contributed by atoms with Gasteiger partial charge in [0.2, 0.25) is 0 Å². The Labute approximate surface area is 110 Å². The third kappa shape index (κ3) is 2.40. The van der Waals surface area contributed by atoms with Crippen molar-refractivity contribution in [2.75, 3.05) is 0 Å². The molecule has 2 rings (SSSR count). The molecule has 0 spiro atoms. The highest BCUT2D eigenvalue weighted by molar-refractivity contribution is 5.80. The lowest BCUT2D eigenvalue weighted by Crippen LogP contribution is -2.23. The Morgan fingerprint density at radius 2 is 1.44 bits per heavy atom.